The van der Waals surface area contributed by atoms with Crippen LogP contribution in [0.25, 0.3) is 10.9 Å². The van der Waals surface area contributed by atoms with Crippen LogP contribution in [0.2, 0.25) is 0 Å². The first-order chi connectivity index (χ1) is 15.5. The van der Waals surface area contributed by atoms with Crippen LogP contribution in [0.4, 0.5) is 4.39 Å². The minimum absolute atomic E-state index is 0.145. The van der Waals surface area contributed by atoms with E-state index in [2.05, 4.69) is 10.4 Å². The summed E-state index contributed by atoms with van der Waals surface area (Å²) < 4.78 is 20.6. The zero-order chi connectivity index (χ0) is 22.7. The molecule has 1 aromatic heterocycles. The molecule has 4 rings (SSSR count). The lowest BCUT2D eigenvalue weighted by molar-refractivity contribution is 0.0696. The van der Waals surface area contributed by atoms with Gasteiger partial charge < -0.3 is 15.2 Å². The Labute approximate surface area is 183 Å². The monoisotopic (exact) mass is 433 g/mol. The first kappa shape index (κ1) is 21.0. The van der Waals surface area contributed by atoms with Gasteiger partial charge in [0.05, 0.1) is 24.7 Å². The molecular weight excluding hydrogens is 413 g/mol. The molecule has 7 nitrogen and oxygen atoms in total. The number of carbonyl (C=O) groups excluding carboxylic acids is 1. The van der Waals surface area contributed by atoms with Crippen molar-refractivity contribution in [2.75, 3.05) is 7.11 Å². The summed E-state index contributed by atoms with van der Waals surface area (Å²) in [7, 11) is 1.40. The second kappa shape index (κ2) is 8.89. The van der Waals surface area contributed by atoms with Gasteiger partial charge in [0.1, 0.15) is 5.69 Å². The molecule has 0 atom stereocenters. The summed E-state index contributed by atoms with van der Waals surface area (Å²) in [6.07, 6.45) is 0. The maximum Gasteiger partial charge on any atom is 0.335 e. The van der Waals surface area contributed by atoms with E-state index in [0.29, 0.717) is 22.2 Å². The van der Waals surface area contributed by atoms with Gasteiger partial charge in [-0.1, -0.05) is 36.4 Å². The van der Waals surface area contributed by atoms with Crippen LogP contribution in [0.1, 0.15) is 32.0 Å². The Morgan fingerprint density at radius 1 is 1.06 bits per heavy atom. The predicted octanol–water partition coefficient (Wildman–Crippen LogP) is 3.86. The average Bonchev–Trinajstić information content (AvgIpc) is 3.15. The highest BCUT2D eigenvalue weighted by Crippen LogP contribution is 2.22. The number of methoxy groups -OCH3 is 1. The Kier molecular flexibility index (Phi) is 5.85. The molecule has 0 radical (unpaired) electrons. The van der Waals surface area contributed by atoms with Crippen LogP contribution in [0, 0.1) is 5.82 Å². The van der Waals surface area contributed by atoms with Crippen LogP contribution in [0.3, 0.4) is 0 Å². The van der Waals surface area contributed by atoms with Gasteiger partial charge in [0.25, 0.3) is 5.91 Å². The van der Waals surface area contributed by atoms with E-state index in [1.165, 1.54) is 31.4 Å². The van der Waals surface area contributed by atoms with Crippen molar-refractivity contribution in [2.45, 2.75) is 13.1 Å². The molecule has 3 aromatic carbocycles. The van der Waals surface area contributed by atoms with E-state index in [1.54, 1.807) is 22.9 Å². The standard InChI is InChI=1S/C24H20FN3O4/c1-32-21-11-8-16(12-19(21)25)14-28-22(18-4-2-3-5-20(18)27-28)23(29)26-13-15-6-9-17(10-7-15)24(30)31/h2-12H,13-14H2,1H3,(H,26,29)(H,30,31). The second-order valence-electron chi connectivity index (χ2n) is 7.18. The summed E-state index contributed by atoms with van der Waals surface area (Å²) in [4.78, 5) is 24.1. The molecule has 0 fully saturated rings. The van der Waals surface area contributed by atoms with Crippen LogP contribution in [-0.2, 0) is 13.1 Å². The molecule has 1 heterocycles. The zero-order valence-electron chi connectivity index (χ0n) is 17.2. The number of fused-ring (bicyclic) bond motifs is 1. The van der Waals surface area contributed by atoms with Gasteiger partial charge in [0, 0.05) is 11.9 Å². The van der Waals surface area contributed by atoms with Gasteiger partial charge >= 0.3 is 5.97 Å². The third kappa shape index (κ3) is 4.29. The molecule has 0 aliphatic carbocycles. The maximum absolute atomic E-state index is 14.1. The Morgan fingerprint density at radius 3 is 2.47 bits per heavy atom. The quantitative estimate of drug-likeness (QED) is 0.462. The minimum Gasteiger partial charge on any atom is -0.494 e. The van der Waals surface area contributed by atoms with Crippen molar-refractivity contribution < 1.29 is 23.8 Å². The van der Waals surface area contributed by atoms with E-state index in [0.717, 1.165) is 5.56 Å². The molecule has 2 N–H and O–H groups in total. The number of hydrogen-bond donors (Lipinski definition) is 2. The molecule has 0 aliphatic rings. The van der Waals surface area contributed by atoms with Crippen LogP contribution in [-0.4, -0.2) is 33.9 Å². The number of carboxylic acid groups (broad SMARTS) is 1. The molecule has 0 saturated carbocycles. The van der Waals surface area contributed by atoms with Crippen LogP contribution >= 0.6 is 0 Å². The van der Waals surface area contributed by atoms with Crippen molar-refractivity contribution in [1.82, 2.24) is 15.1 Å². The first-order valence-corrected chi connectivity index (χ1v) is 9.84. The minimum atomic E-state index is -1.01. The molecule has 0 unspecified atom stereocenters. The highest BCUT2D eigenvalue weighted by atomic mass is 19.1. The van der Waals surface area contributed by atoms with E-state index in [9.17, 15) is 14.0 Å². The van der Waals surface area contributed by atoms with E-state index in [1.807, 2.05) is 24.3 Å². The summed E-state index contributed by atoms with van der Waals surface area (Å²) in [6, 6.07) is 18.2. The van der Waals surface area contributed by atoms with Gasteiger partial charge in [-0.2, -0.15) is 5.10 Å². The number of rotatable bonds is 7. The first-order valence-electron chi connectivity index (χ1n) is 9.84. The van der Waals surface area contributed by atoms with E-state index < -0.39 is 11.8 Å². The largest absolute Gasteiger partial charge is 0.494 e. The summed E-state index contributed by atoms with van der Waals surface area (Å²) in [5.41, 5.74) is 2.58. The number of halogens is 1. The normalized spacial score (nSPS) is 10.8. The predicted molar refractivity (Wildman–Crippen MR) is 116 cm³/mol. The molecule has 0 spiro atoms. The number of aromatic nitrogens is 2. The van der Waals surface area contributed by atoms with Crippen LogP contribution in [0.15, 0.2) is 66.7 Å². The molecule has 1 amide bonds. The number of carboxylic acids is 1. The molecule has 0 saturated heterocycles. The van der Waals surface area contributed by atoms with Crippen LogP contribution in [0.5, 0.6) is 5.75 Å². The number of hydrogen-bond acceptors (Lipinski definition) is 4. The lowest BCUT2D eigenvalue weighted by Gasteiger charge is -2.10. The van der Waals surface area contributed by atoms with E-state index in [-0.39, 0.29) is 30.3 Å². The number of nitrogens with zero attached hydrogens (tertiary/aromatic N) is 2. The van der Waals surface area contributed by atoms with Crippen molar-refractivity contribution in [3.05, 3.63) is 94.9 Å². The van der Waals surface area contributed by atoms with Gasteiger partial charge in [-0.25, -0.2) is 9.18 Å². The Hall–Kier alpha value is -4.20. The van der Waals surface area contributed by atoms with Crippen molar-refractivity contribution in [2.24, 2.45) is 0 Å². The van der Waals surface area contributed by atoms with Gasteiger partial charge in [0.2, 0.25) is 0 Å². The fourth-order valence-electron chi connectivity index (χ4n) is 3.45. The molecule has 0 bridgehead atoms. The molecule has 4 aromatic rings. The fraction of sp³-hybridized carbons (Fsp3) is 0.125. The van der Waals surface area contributed by atoms with E-state index >= 15 is 0 Å². The SMILES string of the molecule is COc1ccc(Cn2nc3ccccc3c2C(=O)NCc2ccc(C(=O)O)cc2)cc1F. The third-order valence-corrected chi connectivity index (χ3v) is 5.06. The highest BCUT2D eigenvalue weighted by Gasteiger charge is 2.19. The Bertz CT molecular complexity index is 1300. The fourth-order valence-corrected chi connectivity index (χ4v) is 3.45. The highest BCUT2D eigenvalue weighted by molar-refractivity contribution is 6.05. The molecule has 8 heteroatoms. The summed E-state index contributed by atoms with van der Waals surface area (Å²) in [5.74, 6) is -1.69. The number of ether oxygens (including phenoxy) is 1. The zero-order valence-corrected chi connectivity index (χ0v) is 17.2. The topological polar surface area (TPSA) is 93.5 Å². The summed E-state index contributed by atoms with van der Waals surface area (Å²) in [5, 5.41) is 17.1. The number of aromatic carboxylic acids is 1. The number of amides is 1. The summed E-state index contributed by atoms with van der Waals surface area (Å²) in [6.45, 7) is 0.418. The summed E-state index contributed by atoms with van der Waals surface area (Å²) >= 11 is 0. The third-order valence-electron chi connectivity index (χ3n) is 5.06. The number of carbonyl (C=O) groups is 2. The Morgan fingerprint density at radius 2 is 1.78 bits per heavy atom. The molecule has 32 heavy (non-hydrogen) atoms. The Balaban J connectivity index is 1.60. The van der Waals surface area contributed by atoms with Gasteiger partial charge in [-0.3, -0.25) is 9.48 Å². The van der Waals surface area contributed by atoms with Crippen molar-refractivity contribution in [1.29, 1.82) is 0 Å². The van der Waals surface area contributed by atoms with Gasteiger partial charge in [-0.15, -0.1) is 0 Å². The number of benzene rings is 3. The van der Waals surface area contributed by atoms with Crippen molar-refractivity contribution in [3.63, 3.8) is 0 Å². The van der Waals surface area contributed by atoms with Crippen molar-refractivity contribution >= 4 is 22.8 Å². The lowest BCUT2D eigenvalue weighted by Crippen LogP contribution is -2.26. The van der Waals surface area contributed by atoms with E-state index in [4.69, 9.17) is 9.84 Å². The lowest BCUT2D eigenvalue weighted by atomic mass is 10.1. The average molecular weight is 433 g/mol. The maximum atomic E-state index is 14.1. The molecule has 162 valence electrons. The van der Waals surface area contributed by atoms with Crippen LogP contribution < -0.4 is 10.1 Å². The molecule has 0 aliphatic heterocycles. The van der Waals surface area contributed by atoms with Gasteiger partial charge in [0.15, 0.2) is 11.6 Å². The molecular formula is C24H20FN3O4. The smallest absolute Gasteiger partial charge is 0.335 e. The van der Waals surface area contributed by atoms with Gasteiger partial charge in [-0.05, 0) is 41.5 Å². The van der Waals surface area contributed by atoms with Crippen molar-refractivity contribution in [3.8, 4) is 5.75 Å². The number of nitrogens with one attached hydrogen (secondary N) is 1. The second-order valence-corrected chi connectivity index (χ2v) is 7.18.